The maximum absolute atomic E-state index is 11.3. The molecule has 4 heteroatoms. The number of ether oxygens (including phenoxy) is 1. The fourth-order valence-corrected chi connectivity index (χ4v) is 2.27. The summed E-state index contributed by atoms with van der Waals surface area (Å²) >= 11 is 0. The second kappa shape index (κ2) is 6.98. The van der Waals surface area contributed by atoms with E-state index in [9.17, 15) is 15.0 Å². The van der Waals surface area contributed by atoms with Gasteiger partial charge in [0.05, 0.1) is 0 Å². The Kier molecular flexibility index (Phi) is 5.04. The minimum atomic E-state index is -0.920. The van der Waals surface area contributed by atoms with Gasteiger partial charge in [-0.25, -0.2) is 0 Å². The Morgan fingerprint density at radius 3 is 2.41 bits per heavy atom. The highest BCUT2D eigenvalue weighted by Gasteiger charge is 2.19. The summed E-state index contributed by atoms with van der Waals surface area (Å²) in [5.74, 6) is 0.414. The van der Waals surface area contributed by atoms with Crippen molar-refractivity contribution in [2.75, 3.05) is 0 Å². The first-order chi connectivity index (χ1) is 10.6. The fraction of sp³-hybridized carbons (Fsp3) is 0.278. The van der Waals surface area contributed by atoms with Gasteiger partial charge in [-0.3, -0.25) is 4.79 Å². The first kappa shape index (κ1) is 15.9. The van der Waals surface area contributed by atoms with E-state index in [1.54, 1.807) is 6.92 Å². The van der Waals surface area contributed by atoms with E-state index < -0.39 is 6.10 Å². The van der Waals surface area contributed by atoms with Crippen molar-refractivity contribution in [2.24, 2.45) is 0 Å². The second-order valence-corrected chi connectivity index (χ2v) is 5.22. The minimum absolute atomic E-state index is 0.0187. The van der Waals surface area contributed by atoms with Crippen LogP contribution in [0.3, 0.4) is 0 Å². The van der Waals surface area contributed by atoms with Crippen LogP contribution in [0.2, 0.25) is 0 Å². The fourth-order valence-electron chi connectivity index (χ4n) is 2.27. The predicted molar refractivity (Wildman–Crippen MR) is 84.4 cm³/mol. The quantitative estimate of drug-likeness (QED) is 0.799. The van der Waals surface area contributed by atoms with Crippen LogP contribution in [-0.2, 0) is 11.2 Å². The van der Waals surface area contributed by atoms with E-state index >= 15 is 0 Å². The summed E-state index contributed by atoms with van der Waals surface area (Å²) in [7, 11) is 0. The Labute approximate surface area is 130 Å². The molecule has 0 aliphatic heterocycles. The van der Waals surface area contributed by atoms with Crippen molar-refractivity contribution in [3.05, 3.63) is 53.1 Å². The summed E-state index contributed by atoms with van der Waals surface area (Å²) in [6.07, 6.45) is 1.77. The van der Waals surface area contributed by atoms with Crippen molar-refractivity contribution in [1.82, 2.24) is 0 Å². The van der Waals surface area contributed by atoms with Gasteiger partial charge in [-0.1, -0.05) is 25.5 Å². The lowest BCUT2D eigenvalue weighted by Gasteiger charge is -2.17. The van der Waals surface area contributed by atoms with Gasteiger partial charge in [-0.05, 0) is 43.2 Å². The van der Waals surface area contributed by atoms with Gasteiger partial charge in [0.2, 0.25) is 0 Å². The van der Waals surface area contributed by atoms with Crippen LogP contribution < -0.4 is 4.74 Å². The summed E-state index contributed by atoms with van der Waals surface area (Å²) < 4.78 is 5.65. The molecule has 4 nitrogen and oxygen atoms in total. The van der Waals surface area contributed by atoms with Gasteiger partial charge in [0.15, 0.2) is 12.4 Å². The van der Waals surface area contributed by atoms with Crippen LogP contribution in [0.5, 0.6) is 17.2 Å². The zero-order valence-corrected chi connectivity index (χ0v) is 12.7. The van der Waals surface area contributed by atoms with Gasteiger partial charge in [0.1, 0.15) is 17.2 Å². The summed E-state index contributed by atoms with van der Waals surface area (Å²) in [5.41, 5.74) is 1.87. The third-order valence-electron chi connectivity index (χ3n) is 3.59. The Morgan fingerprint density at radius 2 is 1.82 bits per heavy atom. The van der Waals surface area contributed by atoms with Crippen molar-refractivity contribution in [2.45, 2.75) is 32.8 Å². The first-order valence-electron chi connectivity index (χ1n) is 7.29. The number of rotatable bonds is 6. The van der Waals surface area contributed by atoms with Gasteiger partial charge >= 0.3 is 0 Å². The Hall–Kier alpha value is -2.49. The van der Waals surface area contributed by atoms with Crippen LogP contribution in [0.15, 0.2) is 36.4 Å². The zero-order chi connectivity index (χ0) is 16.1. The number of carbonyl (C=O) groups excluding carboxylic acids is 1. The third kappa shape index (κ3) is 3.39. The molecule has 0 aliphatic carbocycles. The number of aromatic hydroxyl groups is 2. The van der Waals surface area contributed by atoms with Gasteiger partial charge < -0.3 is 14.9 Å². The average molecular weight is 300 g/mol. The SMILES string of the molecule is CCCc1ccc(OC(C=O)c2ccc(O)c(C)c2O)cc1. The topological polar surface area (TPSA) is 66.8 Å². The average Bonchev–Trinajstić information content (AvgIpc) is 2.53. The minimum Gasteiger partial charge on any atom is -0.508 e. The summed E-state index contributed by atoms with van der Waals surface area (Å²) in [6.45, 7) is 3.69. The summed E-state index contributed by atoms with van der Waals surface area (Å²) in [6, 6.07) is 10.5. The third-order valence-corrected chi connectivity index (χ3v) is 3.59. The summed E-state index contributed by atoms with van der Waals surface area (Å²) in [4.78, 5) is 11.3. The predicted octanol–water partition coefficient (Wildman–Crippen LogP) is 3.68. The standard InChI is InChI=1S/C18H20O4/c1-3-4-13-5-7-14(8-6-13)22-17(11-19)15-9-10-16(20)12(2)18(15)21/h5-11,17,20-21H,3-4H2,1-2H3. The molecule has 0 heterocycles. The maximum Gasteiger partial charge on any atom is 0.182 e. The Balaban J connectivity index is 2.22. The van der Waals surface area contributed by atoms with Crippen LogP contribution >= 0.6 is 0 Å². The molecule has 2 aromatic carbocycles. The smallest absolute Gasteiger partial charge is 0.182 e. The van der Waals surface area contributed by atoms with Crippen molar-refractivity contribution >= 4 is 6.29 Å². The highest BCUT2D eigenvalue weighted by atomic mass is 16.5. The molecule has 0 fully saturated rings. The van der Waals surface area contributed by atoms with Crippen LogP contribution in [0.4, 0.5) is 0 Å². The highest BCUT2D eigenvalue weighted by molar-refractivity contribution is 5.65. The van der Waals surface area contributed by atoms with Crippen LogP contribution in [-0.4, -0.2) is 16.5 Å². The molecule has 22 heavy (non-hydrogen) atoms. The molecule has 2 rings (SSSR count). The van der Waals surface area contributed by atoms with Crippen LogP contribution in [0.1, 0.15) is 36.1 Å². The van der Waals surface area contributed by atoms with Gasteiger partial charge in [0.25, 0.3) is 0 Å². The van der Waals surface area contributed by atoms with Crippen LogP contribution in [0.25, 0.3) is 0 Å². The molecule has 0 bridgehead atoms. The van der Waals surface area contributed by atoms with Crippen molar-refractivity contribution in [3.8, 4) is 17.2 Å². The second-order valence-electron chi connectivity index (χ2n) is 5.22. The number of phenols is 2. The van der Waals surface area contributed by atoms with Gasteiger partial charge in [-0.15, -0.1) is 0 Å². The molecular weight excluding hydrogens is 280 g/mol. The van der Waals surface area contributed by atoms with E-state index in [2.05, 4.69) is 6.92 Å². The van der Waals surface area contributed by atoms with Gasteiger partial charge in [0, 0.05) is 11.1 Å². The number of phenolic OH excluding ortho intramolecular Hbond substituents is 2. The van der Waals surface area contributed by atoms with E-state index in [0.717, 1.165) is 12.8 Å². The molecule has 0 saturated carbocycles. The molecule has 0 radical (unpaired) electrons. The number of benzene rings is 2. The number of hydrogen-bond acceptors (Lipinski definition) is 4. The number of hydrogen-bond donors (Lipinski definition) is 2. The van der Waals surface area contributed by atoms with E-state index in [1.165, 1.54) is 17.7 Å². The number of aldehydes is 1. The molecule has 0 spiro atoms. The van der Waals surface area contributed by atoms with E-state index in [1.807, 2.05) is 24.3 Å². The number of carbonyl (C=O) groups is 1. The maximum atomic E-state index is 11.3. The van der Waals surface area contributed by atoms with Crippen molar-refractivity contribution in [3.63, 3.8) is 0 Å². The molecular formula is C18H20O4. The molecule has 116 valence electrons. The Bertz CT molecular complexity index is 647. The van der Waals surface area contributed by atoms with E-state index in [4.69, 9.17) is 4.74 Å². The zero-order valence-electron chi connectivity index (χ0n) is 12.7. The van der Waals surface area contributed by atoms with Crippen molar-refractivity contribution < 1.29 is 19.7 Å². The summed E-state index contributed by atoms with van der Waals surface area (Å²) in [5, 5.41) is 19.6. The monoisotopic (exact) mass is 300 g/mol. The molecule has 1 unspecified atom stereocenters. The lowest BCUT2D eigenvalue weighted by Crippen LogP contribution is -2.09. The van der Waals surface area contributed by atoms with E-state index in [0.29, 0.717) is 23.2 Å². The molecule has 2 N–H and O–H groups in total. The molecule has 1 atom stereocenters. The van der Waals surface area contributed by atoms with Gasteiger partial charge in [-0.2, -0.15) is 0 Å². The molecule has 0 amide bonds. The highest BCUT2D eigenvalue weighted by Crippen LogP contribution is 2.34. The number of aryl methyl sites for hydroxylation is 1. The lowest BCUT2D eigenvalue weighted by atomic mass is 10.0. The largest absolute Gasteiger partial charge is 0.508 e. The molecule has 0 aromatic heterocycles. The molecule has 0 saturated heterocycles. The normalized spacial score (nSPS) is 11.9. The molecule has 2 aromatic rings. The molecule has 0 aliphatic rings. The Morgan fingerprint density at radius 1 is 1.14 bits per heavy atom. The van der Waals surface area contributed by atoms with E-state index in [-0.39, 0.29) is 11.5 Å². The van der Waals surface area contributed by atoms with Crippen molar-refractivity contribution in [1.29, 1.82) is 0 Å². The first-order valence-corrected chi connectivity index (χ1v) is 7.29. The lowest BCUT2D eigenvalue weighted by molar-refractivity contribution is -0.114. The van der Waals surface area contributed by atoms with Crippen LogP contribution in [0, 0.1) is 6.92 Å².